The average Bonchev–Trinajstić information content (AvgIpc) is 2.55. The van der Waals surface area contributed by atoms with Crippen LogP contribution in [0.5, 0.6) is 5.75 Å². The van der Waals surface area contributed by atoms with Crippen molar-refractivity contribution in [3.8, 4) is 5.75 Å². The molecular weight excluding hydrogens is 304 g/mol. The molecule has 0 spiro atoms. The van der Waals surface area contributed by atoms with E-state index in [4.69, 9.17) is 10.5 Å². The monoisotopic (exact) mass is 326 g/mol. The van der Waals surface area contributed by atoms with Gasteiger partial charge in [0.1, 0.15) is 5.75 Å². The number of nitrogens with two attached hydrogens (primary N) is 1. The zero-order chi connectivity index (χ0) is 17.7. The summed E-state index contributed by atoms with van der Waals surface area (Å²) in [5.74, 6) is -0.104. The van der Waals surface area contributed by atoms with Crippen LogP contribution in [-0.2, 0) is 4.79 Å². The van der Waals surface area contributed by atoms with Crippen molar-refractivity contribution < 1.29 is 14.3 Å². The number of hydrogen-bond donors (Lipinski definition) is 2. The largest absolute Gasteiger partial charge is 0.480 e. The molecule has 24 heavy (non-hydrogen) atoms. The molecule has 5 nitrogen and oxygen atoms in total. The van der Waals surface area contributed by atoms with Crippen molar-refractivity contribution in [1.29, 1.82) is 0 Å². The van der Waals surface area contributed by atoms with E-state index in [1.807, 2.05) is 39.0 Å². The van der Waals surface area contributed by atoms with E-state index in [1.54, 1.807) is 24.3 Å². The van der Waals surface area contributed by atoms with E-state index in [9.17, 15) is 9.59 Å². The summed E-state index contributed by atoms with van der Waals surface area (Å²) in [5, 5.41) is 2.77. The number of aryl methyl sites for hydroxylation is 2. The van der Waals surface area contributed by atoms with E-state index >= 15 is 0 Å². The normalized spacial score (nSPS) is 11.6. The molecule has 0 radical (unpaired) electrons. The molecule has 2 rings (SSSR count). The standard InChI is InChI=1S/C19H22N2O3/c1-4-16(24-17-10-12(2)8-9-13(17)3)19(23)21-15-7-5-6-14(11-15)18(20)22/h5-11,16H,4H2,1-3H3,(H2,20,22)(H,21,23). The average molecular weight is 326 g/mol. The number of hydrogen-bond acceptors (Lipinski definition) is 3. The maximum absolute atomic E-state index is 12.5. The number of benzene rings is 2. The van der Waals surface area contributed by atoms with Crippen LogP contribution in [0.4, 0.5) is 5.69 Å². The van der Waals surface area contributed by atoms with Gasteiger partial charge in [-0.3, -0.25) is 9.59 Å². The number of nitrogens with one attached hydrogen (secondary N) is 1. The quantitative estimate of drug-likeness (QED) is 0.855. The minimum Gasteiger partial charge on any atom is -0.480 e. The Morgan fingerprint density at radius 1 is 1.17 bits per heavy atom. The van der Waals surface area contributed by atoms with Crippen LogP contribution in [0, 0.1) is 13.8 Å². The molecule has 0 aromatic heterocycles. The highest BCUT2D eigenvalue weighted by molar-refractivity contribution is 5.97. The minimum atomic E-state index is -0.622. The van der Waals surface area contributed by atoms with Crippen molar-refractivity contribution >= 4 is 17.5 Å². The van der Waals surface area contributed by atoms with Crippen LogP contribution in [-0.4, -0.2) is 17.9 Å². The van der Waals surface area contributed by atoms with Crippen LogP contribution in [0.3, 0.4) is 0 Å². The summed E-state index contributed by atoms with van der Waals surface area (Å²) in [5.41, 5.74) is 8.16. The lowest BCUT2D eigenvalue weighted by atomic mass is 10.1. The number of anilines is 1. The molecule has 5 heteroatoms. The van der Waals surface area contributed by atoms with Gasteiger partial charge in [-0.1, -0.05) is 25.1 Å². The molecule has 1 atom stereocenters. The fraction of sp³-hybridized carbons (Fsp3) is 0.263. The van der Waals surface area contributed by atoms with Crippen LogP contribution in [0.2, 0.25) is 0 Å². The lowest BCUT2D eigenvalue weighted by molar-refractivity contribution is -0.122. The fourth-order valence-corrected chi connectivity index (χ4v) is 2.28. The van der Waals surface area contributed by atoms with Gasteiger partial charge in [-0.2, -0.15) is 0 Å². The van der Waals surface area contributed by atoms with E-state index in [1.165, 1.54) is 0 Å². The minimum absolute atomic E-state index is 0.264. The van der Waals surface area contributed by atoms with Gasteiger partial charge in [0.25, 0.3) is 5.91 Å². The summed E-state index contributed by atoms with van der Waals surface area (Å²) >= 11 is 0. The van der Waals surface area contributed by atoms with Crippen LogP contribution in [0.1, 0.15) is 34.8 Å². The molecule has 0 fully saturated rings. The first-order valence-electron chi connectivity index (χ1n) is 7.85. The van der Waals surface area contributed by atoms with Crippen LogP contribution in [0.15, 0.2) is 42.5 Å². The molecule has 0 saturated carbocycles. The number of primary amides is 1. The molecule has 2 amide bonds. The van der Waals surface area contributed by atoms with Gasteiger partial charge in [0.15, 0.2) is 6.10 Å². The fourth-order valence-electron chi connectivity index (χ4n) is 2.28. The number of amides is 2. The first kappa shape index (κ1) is 17.5. The van der Waals surface area contributed by atoms with Gasteiger partial charge < -0.3 is 15.8 Å². The number of ether oxygens (including phenoxy) is 1. The predicted octanol–water partition coefficient (Wildman–Crippen LogP) is 3.20. The summed E-state index contributed by atoms with van der Waals surface area (Å²) in [4.78, 5) is 23.7. The van der Waals surface area contributed by atoms with Crippen molar-refractivity contribution in [3.05, 3.63) is 59.2 Å². The zero-order valence-electron chi connectivity index (χ0n) is 14.1. The third-order valence-corrected chi connectivity index (χ3v) is 3.69. The van der Waals surface area contributed by atoms with Gasteiger partial charge in [-0.15, -0.1) is 0 Å². The first-order chi connectivity index (χ1) is 11.4. The number of carbonyl (C=O) groups excluding carboxylic acids is 2. The molecule has 1 unspecified atom stereocenters. The van der Waals surface area contributed by atoms with Crippen molar-refractivity contribution in [2.75, 3.05) is 5.32 Å². The zero-order valence-corrected chi connectivity index (χ0v) is 14.1. The first-order valence-corrected chi connectivity index (χ1v) is 7.85. The third kappa shape index (κ3) is 4.35. The van der Waals surface area contributed by atoms with E-state index in [0.717, 1.165) is 11.1 Å². The van der Waals surface area contributed by atoms with Gasteiger partial charge in [-0.25, -0.2) is 0 Å². The molecule has 0 heterocycles. The van der Waals surface area contributed by atoms with Crippen molar-refractivity contribution in [1.82, 2.24) is 0 Å². The summed E-state index contributed by atoms with van der Waals surface area (Å²) < 4.78 is 5.88. The molecule has 2 aromatic rings. The second-order valence-electron chi connectivity index (χ2n) is 5.72. The summed E-state index contributed by atoms with van der Waals surface area (Å²) in [6.45, 7) is 5.80. The predicted molar refractivity (Wildman–Crippen MR) is 94.2 cm³/mol. The number of rotatable bonds is 6. The maximum atomic E-state index is 12.5. The Kier molecular flexibility index (Phi) is 5.58. The summed E-state index contributed by atoms with van der Waals surface area (Å²) in [7, 11) is 0. The maximum Gasteiger partial charge on any atom is 0.265 e. The van der Waals surface area contributed by atoms with Gasteiger partial charge in [-0.05, 0) is 55.7 Å². The Hall–Kier alpha value is -2.82. The second kappa shape index (κ2) is 7.64. The van der Waals surface area contributed by atoms with Crippen LogP contribution >= 0.6 is 0 Å². The van der Waals surface area contributed by atoms with Crippen LogP contribution < -0.4 is 15.8 Å². The van der Waals surface area contributed by atoms with Gasteiger partial charge in [0.05, 0.1) is 0 Å². The Morgan fingerprint density at radius 3 is 2.58 bits per heavy atom. The van der Waals surface area contributed by atoms with Crippen LogP contribution in [0.25, 0.3) is 0 Å². The molecule has 0 bridgehead atoms. The molecule has 0 aliphatic rings. The number of carbonyl (C=O) groups is 2. The lowest BCUT2D eigenvalue weighted by Gasteiger charge is -2.19. The van der Waals surface area contributed by atoms with Crippen molar-refractivity contribution in [2.24, 2.45) is 5.73 Å². The molecule has 0 aliphatic carbocycles. The highest BCUT2D eigenvalue weighted by Crippen LogP contribution is 2.22. The lowest BCUT2D eigenvalue weighted by Crippen LogP contribution is -2.32. The topological polar surface area (TPSA) is 81.4 Å². The van der Waals surface area contributed by atoms with E-state index in [-0.39, 0.29) is 5.91 Å². The second-order valence-corrected chi connectivity index (χ2v) is 5.72. The molecule has 2 aromatic carbocycles. The van der Waals surface area contributed by atoms with Gasteiger partial charge in [0, 0.05) is 11.3 Å². The third-order valence-electron chi connectivity index (χ3n) is 3.69. The molecular formula is C19H22N2O3. The summed E-state index contributed by atoms with van der Waals surface area (Å²) in [6, 6.07) is 12.4. The molecule has 0 aliphatic heterocycles. The Balaban J connectivity index is 2.13. The smallest absolute Gasteiger partial charge is 0.265 e. The molecule has 3 N–H and O–H groups in total. The van der Waals surface area contributed by atoms with Crippen molar-refractivity contribution in [3.63, 3.8) is 0 Å². The Morgan fingerprint density at radius 2 is 1.92 bits per heavy atom. The highest BCUT2D eigenvalue weighted by atomic mass is 16.5. The SMILES string of the molecule is CCC(Oc1cc(C)ccc1C)C(=O)Nc1cccc(C(N)=O)c1. The van der Waals surface area contributed by atoms with Crippen molar-refractivity contribution in [2.45, 2.75) is 33.3 Å². The van der Waals surface area contributed by atoms with Gasteiger partial charge >= 0.3 is 0 Å². The van der Waals surface area contributed by atoms with E-state index in [2.05, 4.69) is 5.32 Å². The highest BCUT2D eigenvalue weighted by Gasteiger charge is 2.19. The summed E-state index contributed by atoms with van der Waals surface area (Å²) in [6.07, 6.45) is -0.0999. The van der Waals surface area contributed by atoms with Gasteiger partial charge in [0.2, 0.25) is 5.91 Å². The van der Waals surface area contributed by atoms with E-state index < -0.39 is 12.0 Å². The Bertz CT molecular complexity index is 756. The Labute approximate surface area is 141 Å². The molecule has 126 valence electrons. The van der Waals surface area contributed by atoms with E-state index in [0.29, 0.717) is 23.4 Å². The molecule has 0 saturated heterocycles.